The lowest BCUT2D eigenvalue weighted by molar-refractivity contribution is 0.103. The Bertz CT molecular complexity index is 910. The van der Waals surface area contributed by atoms with Crippen LogP contribution in [-0.4, -0.2) is 15.3 Å². The lowest BCUT2D eigenvalue weighted by atomic mass is 10.1. The van der Waals surface area contributed by atoms with Crippen molar-refractivity contribution in [2.24, 2.45) is 0 Å². The van der Waals surface area contributed by atoms with E-state index in [-0.39, 0.29) is 17.2 Å². The molecule has 0 atom stereocenters. The van der Waals surface area contributed by atoms with Crippen molar-refractivity contribution < 1.29 is 4.79 Å². The molecule has 0 unspecified atom stereocenters. The highest BCUT2D eigenvalue weighted by molar-refractivity contribution is 6.13. The normalized spacial score (nSPS) is 11.6. The third kappa shape index (κ3) is 1.80. The lowest BCUT2D eigenvalue weighted by Gasteiger charge is -2.04. The quantitative estimate of drug-likeness (QED) is 0.497. The van der Waals surface area contributed by atoms with Gasteiger partial charge >= 0.3 is 0 Å². The Balaban J connectivity index is 0.000000636. The first-order chi connectivity index (χ1) is 10.3. The number of nitrogens with zero attached hydrogens (tertiary/aromatic N) is 2. The largest absolute Gasteiger partial charge is 0.285 e. The molecule has 1 aliphatic rings. The van der Waals surface area contributed by atoms with Gasteiger partial charge in [-0.15, -0.1) is 0 Å². The number of carbonyl (C=O) groups excluding carboxylic acids is 1. The number of fused-ring (bicyclic) bond motifs is 4. The summed E-state index contributed by atoms with van der Waals surface area (Å²) in [6.07, 6.45) is 0. The van der Waals surface area contributed by atoms with Gasteiger partial charge in [0.15, 0.2) is 5.82 Å². The maximum atomic E-state index is 12.5. The van der Waals surface area contributed by atoms with E-state index in [9.17, 15) is 9.59 Å². The summed E-state index contributed by atoms with van der Waals surface area (Å²) in [7, 11) is 0. The highest BCUT2D eigenvalue weighted by Crippen LogP contribution is 2.25. The fourth-order valence-corrected chi connectivity index (χ4v) is 2.49. The topological polar surface area (TPSA) is 52.0 Å². The van der Waals surface area contributed by atoms with Crippen molar-refractivity contribution >= 4 is 16.7 Å². The lowest BCUT2D eigenvalue weighted by Crippen LogP contribution is -2.21. The Kier molecular flexibility index (Phi) is 3.14. The number of carbonyl (C=O) groups is 1. The third-order valence-corrected chi connectivity index (χ3v) is 3.37. The van der Waals surface area contributed by atoms with Crippen molar-refractivity contribution in [1.82, 2.24) is 9.55 Å². The van der Waals surface area contributed by atoms with Crippen molar-refractivity contribution in [3.8, 4) is 5.69 Å². The van der Waals surface area contributed by atoms with Crippen LogP contribution >= 0.6 is 0 Å². The summed E-state index contributed by atoms with van der Waals surface area (Å²) >= 11 is 0. The zero-order chi connectivity index (χ0) is 15.0. The summed E-state index contributed by atoms with van der Waals surface area (Å²) in [6, 6.07) is 14.1. The highest BCUT2D eigenvalue weighted by atomic mass is 16.1. The average Bonchev–Trinajstić information content (AvgIpc) is 2.83. The van der Waals surface area contributed by atoms with Crippen LogP contribution in [0.3, 0.4) is 0 Å². The molecule has 3 aromatic rings. The van der Waals surface area contributed by atoms with Crippen molar-refractivity contribution in [2.75, 3.05) is 0 Å². The summed E-state index contributed by atoms with van der Waals surface area (Å²) in [5.41, 5.74) is 1.51. The number of ketones is 1. The molecule has 2 heterocycles. The second-order valence-corrected chi connectivity index (χ2v) is 4.44. The van der Waals surface area contributed by atoms with E-state index in [0.29, 0.717) is 22.2 Å². The van der Waals surface area contributed by atoms with Crippen LogP contribution in [0.2, 0.25) is 0 Å². The predicted octanol–water partition coefficient (Wildman–Crippen LogP) is 2.96. The number of para-hydroxylation sites is 2. The molecule has 0 aliphatic carbocycles. The Morgan fingerprint density at radius 1 is 0.905 bits per heavy atom. The van der Waals surface area contributed by atoms with E-state index in [1.54, 1.807) is 42.5 Å². The molecule has 4 heteroatoms. The molecule has 0 saturated carbocycles. The van der Waals surface area contributed by atoms with E-state index in [1.807, 2.05) is 19.9 Å². The number of hydrogen-bond acceptors (Lipinski definition) is 3. The molecule has 4 nitrogen and oxygen atoms in total. The van der Waals surface area contributed by atoms with E-state index in [2.05, 4.69) is 4.98 Å². The number of rotatable bonds is 0. The minimum absolute atomic E-state index is 0.195. The molecule has 2 aromatic carbocycles. The van der Waals surface area contributed by atoms with Crippen molar-refractivity contribution in [3.05, 3.63) is 70.3 Å². The molecule has 0 fully saturated rings. The van der Waals surface area contributed by atoms with Gasteiger partial charge in [0.1, 0.15) is 0 Å². The van der Waals surface area contributed by atoms with Gasteiger partial charge in [-0.3, -0.25) is 14.2 Å². The average molecular weight is 278 g/mol. The van der Waals surface area contributed by atoms with Crippen LogP contribution in [0.15, 0.2) is 53.3 Å². The van der Waals surface area contributed by atoms with Gasteiger partial charge in [0.2, 0.25) is 5.78 Å². The third-order valence-electron chi connectivity index (χ3n) is 3.37. The summed E-state index contributed by atoms with van der Waals surface area (Å²) in [5, 5.41) is 0.524. The van der Waals surface area contributed by atoms with Gasteiger partial charge in [0.25, 0.3) is 5.56 Å². The molecule has 4 rings (SSSR count). The standard InChI is InChI=1S/C15H8N2O2.C2H6/c18-13-10-6-2-4-8-12(10)17-14(13)16-11-7-3-1-5-9(11)15(17)19;1-2/h1-8H;1-2H3. The van der Waals surface area contributed by atoms with E-state index in [0.717, 1.165) is 0 Å². The maximum Gasteiger partial charge on any atom is 0.266 e. The van der Waals surface area contributed by atoms with Crippen molar-refractivity contribution in [1.29, 1.82) is 0 Å². The molecular formula is C17H14N2O2. The molecule has 0 N–H and O–H groups in total. The maximum absolute atomic E-state index is 12.5. The monoisotopic (exact) mass is 278 g/mol. The van der Waals surface area contributed by atoms with Crippen LogP contribution in [0.1, 0.15) is 30.0 Å². The second-order valence-electron chi connectivity index (χ2n) is 4.44. The molecule has 21 heavy (non-hydrogen) atoms. The van der Waals surface area contributed by atoms with Gasteiger partial charge in [0, 0.05) is 0 Å². The van der Waals surface area contributed by atoms with Gasteiger partial charge in [-0.05, 0) is 24.3 Å². The van der Waals surface area contributed by atoms with Crippen LogP contribution in [0.25, 0.3) is 16.6 Å². The fraction of sp³-hybridized carbons (Fsp3) is 0.118. The van der Waals surface area contributed by atoms with E-state index in [1.165, 1.54) is 4.57 Å². The first kappa shape index (κ1) is 13.2. The molecular weight excluding hydrogens is 264 g/mol. The summed E-state index contributed by atoms with van der Waals surface area (Å²) in [4.78, 5) is 29.1. The molecule has 0 spiro atoms. The smallest absolute Gasteiger partial charge is 0.266 e. The summed E-state index contributed by atoms with van der Waals surface area (Å²) in [6.45, 7) is 4.00. The number of aromatic nitrogens is 2. The summed E-state index contributed by atoms with van der Waals surface area (Å²) < 4.78 is 1.40. The Hall–Kier alpha value is -2.75. The zero-order valence-corrected chi connectivity index (χ0v) is 11.8. The Morgan fingerprint density at radius 2 is 1.57 bits per heavy atom. The van der Waals surface area contributed by atoms with Crippen LogP contribution in [0.4, 0.5) is 0 Å². The Labute approximate surface area is 121 Å². The highest BCUT2D eigenvalue weighted by Gasteiger charge is 2.29. The van der Waals surface area contributed by atoms with E-state index >= 15 is 0 Å². The van der Waals surface area contributed by atoms with Crippen LogP contribution in [0, 0.1) is 0 Å². The molecule has 0 saturated heterocycles. The summed E-state index contributed by atoms with van der Waals surface area (Å²) in [5.74, 6) is 0.00310. The van der Waals surface area contributed by atoms with Crippen LogP contribution < -0.4 is 5.56 Å². The Morgan fingerprint density at radius 3 is 2.38 bits per heavy atom. The molecule has 0 bridgehead atoms. The van der Waals surface area contributed by atoms with Gasteiger partial charge in [-0.25, -0.2) is 4.98 Å². The number of hydrogen-bond donors (Lipinski definition) is 0. The van der Waals surface area contributed by atoms with E-state index in [4.69, 9.17) is 0 Å². The van der Waals surface area contributed by atoms with Gasteiger partial charge in [-0.1, -0.05) is 38.1 Å². The number of benzene rings is 2. The van der Waals surface area contributed by atoms with Gasteiger partial charge < -0.3 is 0 Å². The first-order valence-corrected chi connectivity index (χ1v) is 6.93. The zero-order valence-electron chi connectivity index (χ0n) is 11.8. The van der Waals surface area contributed by atoms with Gasteiger partial charge in [-0.2, -0.15) is 0 Å². The molecule has 0 amide bonds. The minimum atomic E-state index is -0.196. The fourth-order valence-electron chi connectivity index (χ4n) is 2.49. The molecule has 1 aliphatic heterocycles. The first-order valence-electron chi connectivity index (χ1n) is 6.93. The SMILES string of the molecule is CC.O=C1c2ccccc2-n2c1nc1ccccc1c2=O. The van der Waals surface area contributed by atoms with Crippen molar-refractivity contribution in [3.63, 3.8) is 0 Å². The van der Waals surface area contributed by atoms with Crippen molar-refractivity contribution in [2.45, 2.75) is 13.8 Å². The molecule has 0 radical (unpaired) electrons. The van der Waals surface area contributed by atoms with Gasteiger partial charge in [0.05, 0.1) is 22.2 Å². The molecule has 104 valence electrons. The minimum Gasteiger partial charge on any atom is -0.285 e. The van der Waals surface area contributed by atoms with Crippen LogP contribution in [-0.2, 0) is 0 Å². The molecule has 1 aromatic heterocycles. The van der Waals surface area contributed by atoms with Crippen LogP contribution in [0.5, 0.6) is 0 Å². The van der Waals surface area contributed by atoms with E-state index < -0.39 is 0 Å². The second kappa shape index (κ2) is 4.98. The predicted molar refractivity (Wildman–Crippen MR) is 82.1 cm³/mol.